The number of fused-ring (bicyclic) bond motifs is 5. The van der Waals surface area contributed by atoms with Gasteiger partial charge in [-0.2, -0.15) is 9.97 Å². The van der Waals surface area contributed by atoms with Crippen molar-refractivity contribution in [2.24, 2.45) is 0 Å². The van der Waals surface area contributed by atoms with E-state index >= 15 is 0 Å². The number of halogens is 1. The van der Waals surface area contributed by atoms with Crippen LogP contribution in [0.5, 0.6) is 0 Å². The van der Waals surface area contributed by atoms with Gasteiger partial charge in [0.1, 0.15) is 11.2 Å². The van der Waals surface area contributed by atoms with E-state index in [1.165, 1.54) is 0 Å². The van der Waals surface area contributed by atoms with Crippen LogP contribution in [0.15, 0.2) is 150 Å². The molecule has 2 aromatic heterocycles. The first-order valence-corrected chi connectivity index (χ1v) is 15.5. The van der Waals surface area contributed by atoms with Crippen LogP contribution >= 0.6 is 11.6 Å². The van der Waals surface area contributed by atoms with E-state index in [4.69, 9.17) is 26.0 Å². The van der Waals surface area contributed by atoms with E-state index in [2.05, 4.69) is 102 Å². The molecule has 0 aliphatic rings. The summed E-state index contributed by atoms with van der Waals surface area (Å²) < 4.78 is 6.26. The lowest BCUT2D eigenvalue weighted by atomic mass is 9.93. The lowest BCUT2D eigenvalue weighted by Gasteiger charge is -2.15. The van der Waals surface area contributed by atoms with Gasteiger partial charge in [0.25, 0.3) is 0 Å². The number of furan rings is 1. The Balaban J connectivity index is 1.26. The molecule has 0 aliphatic heterocycles. The standard InChI is InChI=1S/C41H24ClN3O/c42-41-44-39(35-18-9-16-31-28(15-8-17-32(31)35)25-10-2-1-3-11-25)43-40(45-41)38-29-13-5-4-12-26(29)20-22-30(38)27-21-23-34-33-14-6-7-19-36(33)46-37(34)24-27/h1-24H. The molecule has 9 rings (SSSR count). The summed E-state index contributed by atoms with van der Waals surface area (Å²) >= 11 is 6.72. The Hall–Kier alpha value is -5.84. The Morgan fingerprint density at radius 1 is 0.413 bits per heavy atom. The van der Waals surface area contributed by atoms with Gasteiger partial charge in [0.05, 0.1) is 0 Å². The second-order valence-electron chi connectivity index (χ2n) is 11.3. The minimum absolute atomic E-state index is 0.142. The maximum Gasteiger partial charge on any atom is 0.226 e. The van der Waals surface area contributed by atoms with E-state index in [-0.39, 0.29) is 5.28 Å². The Morgan fingerprint density at radius 2 is 1.09 bits per heavy atom. The zero-order valence-electron chi connectivity index (χ0n) is 24.5. The monoisotopic (exact) mass is 609 g/mol. The average Bonchev–Trinajstić information content (AvgIpc) is 3.48. The normalized spacial score (nSPS) is 11.6. The molecule has 4 nitrogen and oxygen atoms in total. The fraction of sp³-hybridized carbons (Fsp3) is 0. The van der Waals surface area contributed by atoms with Crippen molar-refractivity contribution in [1.82, 2.24) is 15.0 Å². The van der Waals surface area contributed by atoms with Crippen LogP contribution in [0.1, 0.15) is 0 Å². The van der Waals surface area contributed by atoms with Gasteiger partial charge in [0.2, 0.25) is 5.28 Å². The minimum Gasteiger partial charge on any atom is -0.456 e. The van der Waals surface area contributed by atoms with Crippen molar-refractivity contribution in [2.75, 3.05) is 0 Å². The van der Waals surface area contributed by atoms with Crippen LogP contribution in [0.3, 0.4) is 0 Å². The number of hydrogen-bond acceptors (Lipinski definition) is 4. The first-order valence-electron chi connectivity index (χ1n) is 15.1. The van der Waals surface area contributed by atoms with Crippen LogP contribution in [0.2, 0.25) is 5.28 Å². The number of para-hydroxylation sites is 1. The maximum absolute atomic E-state index is 6.72. The van der Waals surface area contributed by atoms with Gasteiger partial charge < -0.3 is 4.42 Å². The summed E-state index contributed by atoms with van der Waals surface area (Å²) in [6.07, 6.45) is 0. The largest absolute Gasteiger partial charge is 0.456 e. The Labute approximate surface area is 269 Å². The van der Waals surface area contributed by atoms with Crippen molar-refractivity contribution in [3.05, 3.63) is 151 Å². The molecule has 0 amide bonds. The van der Waals surface area contributed by atoms with Gasteiger partial charge in [-0.1, -0.05) is 127 Å². The molecule has 0 unspecified atom stereocenters. The third kappa shape index (κ3) is 4.34. The van der Waals surface area contributed by atoms with Gasteiger partial charge in [-0.25, -0.2) is 4.98 Å². The summed E-state index contributed by atoms with van der Waals surface area (Å²) in [7, 11) is 0. The summed E-state index contributed by atoms with van der Waals surface area (Å²) in [6, 6.07) is 50.0. The highest BCUT2D eigenvalue weighted by molar-refractivity contribution is 6.28. The molecule has 216 valence electrons. The van der Waals surface area contributed by atoms with E-state index in [0.717, 1.165) is 76.9 Å². The summed E-state index contributed by atoms with van der Waals surface area (Å²) in [5, 5.41) is 6.60. The molecular weight excluding hydrogens is 586 g/mol. The van der Waals surface area contributed by atoms with Gasteiger partial charge in [-0.3, -0.25) is 0 Å². The molecule has 0 spiro atoms. The molecule has 5 heteroatoms. The molecule has 0 radical (unpaired) electrons. The van der Waals surface area contributed by atoms with E-state index in [1.807, 2.05) is 48.5 Å². The van der Waals surface area contributed by atoms with Crippen LogP contribution in [0.25, 0.3) is 88.5 Å². The number of hydrogen-bond donors (Lipinski definition) is 0. The van der Waals surface area contributed by atoms with Gasteiger partial charge in [0, 0.05) is 21.9 Å². The van der Waals surface area contributed by atoms with E-state index in [0.29, 0.717) is 11.6 Å². The van der Waals surface area contributed by atoms with Gasteiger partial charge in [0.15, 0.2) is 11.6 Å². The van der Waals surface area contributed by atoms with Crippen LogP contribution in [-0.4, -0.2) is 15.0 Å². The highest BCUT2D eigenvalue weighted by Crippen LogP contribution is 2.40. The molecule has 0 saturated carbocycles. The Bertz CT molecular complexity index is 2610. The molecule has 2 heterocycles. The number of nitrogens with zero attached hydrogens (tertiary/aromatic N) is 3. The molecule has 9 aromatic rings. The highest BCUT2D eigenvalue weighted by atomic mass is 35.5. The summed E-state index contributed by atoms with van der Waals surface area (Å²) in [4.78, 5) is 14.5. The quantitative estimate of drug-likeness (QED) is 0.199. The molecule has 0 saturated heterocycles. The Morgan fingerprint density at radius 3 is 1.96 bits per heavy atom. The maximum atomic E-state index is 6.72. The number of rotatable bonds is 4. The topological polar surface area (TPSA) is 51.8 Å². The van der Waals surface area contributed by atoms with Crippen LogP contribution in [0.4, 0.5) is 0 Å². The molecule has 0 bridgehead atoms. The summed E-state index contributed by atoms with van der Waals surface area (Å²) in [6.45, 7) is 0. The molecule has 0 fully saturated rings. The first kappa shape index (κ1) is 26.6. The second kappa shape index (κ2) is 10.7. The van der Waals surface area contributed by atoms with E-state index in [9.17, 15) is 0 Å². The lowest BCUT2D eigenvalue weighted by molar-refractivity contribution is 0.669. The molecule has 0 aliphatic carbocycles. The zero-order chi connectivity index (χ0) is 30.6. The van der Waals surface area contributed by atoms with Crippen LogP contribution < -0.4 is 0 Å². The van der Waals surface area contributed by atoms with Crippen molar-refractivity contribution in [3.8, 4) is 45.0 Å². The fourth-order valence-corrected chi connectivity index (χ4v) is 6.76. The molecule has 0 atom stereocenters. The van der Waals surface area contributed by atoms with Gasteiger partial charge in [-0.05, 0) is 73.6 Å². The van der Waals surface area contributed by atoms with Crippen molar-refractivity contribution < 1.29 is 4.42 Å². The van der Waals surface area contributed by atoms with Crippen LogP contribution in [0, 0.1) is 0 Å². The third-order valence-corrected chi connectivity index (χ3v) is 8.87. The fourth-order valence-electron chi connectivity index (χ4n) is 6.60. The minimum atomic E-state index is 0.142. The summed E-state index contributed by atoms with van der Waals surface area (Å²) in [5.41, 5.74) is 7.78. The Kier molecular flexibility index (Phi) is 6.15. The molecule has 7 aromatic carbocycles. The van der Waals surface area contributed by atoms with Crippen molar-refractivity contribution in [2.45, 2.75) is 0 Å². The lowest BCUT2D eigenvalue weighted by Crippen LogP contribution is -2.00. The average molecular weight is 610 g/mol. The number of aromatic nitrogens is 3. The van der Waals surface area contributed by atoms with Gasteiger partial charge >= 0.3 is 0 Å². The first-order chi connectivity index (χ1) is 22.7. The predicted molar refractivity (Wildman–Crippen MR) is 189 cm³/mol. The van der Waals surface area contributed by atoms with Crippen molar-refractivity contribution in [1.29, 1.82) is 0 Å². The van der Waals surface area contributed by atoms with E-state index < -0.39 is 0 Å². The number of benzene rings is 7. The highest BCUT2D eigenvalue weighted by Gasteiger charge is 2.19. The van der Waals surface area contributed by atoms with Crippen molar-refractivity contribution in [3.63, 3.8) is 0 Å². The van der Waals surface area contributed by atoms with E-state index in [1.54, 1.807) is 0 Å². The second-order valence-corrected chi connectivity index (χ2v) is 11.7. The SMILES string of the molecule is Clc1nc(-c2c(-c3ccc4c(c3)oc3ccccc34)ccc3ccccc23)nc(-c2cccc3c(-c4ccccc4)cccc23)n1. The molecule has 0 N–H and O–H groups in total. The zero-order valence-corrected chi connectivity index (χ0v) is 25.2. The predicted octanol–water partition coefficient (Wildman–Crippen LogP) is 11.4. The van der Waals surface area contributed by atoms with Crippen molar-refractivity contribution >= 4 is 55.1 Å². The third-order valence-electron chi connectivity index (χ3n) is 8.70. The summed E-state index contributed by atoms with van der Waals surface area (Å²) in [5.74, 6) is 1.04. The van der Waals surface area contributed by atoms with Gasteiger partial charge in [-0.15, -0.1) is 0 Å². The molecule has 46 heavy (non-hydrogen) atoms. The van der Waals surface area contributed by atoms with Crippen LogP contribution in [-0.2, 0) is 0 Å². The molecular formula is C41H24ClN3O. The smallest absolute Gasteiger partial charge is 0.226 e.